The highest BCUT2D eigenvalue weighted by Gasteiger charge is 2.32. The maximum atomic E-state index is 12.7. The van der Waals surface area contributed by atoms with Crippen LogP contribution >= 0.6 is 11.6 Å². The summed E-state index contributed by atoms with van der Waals surface area (Å²) in [5.41, 5.74) is -1.89. The molecule has 1 rings (SSSR count). The van der Waals surface area contributed by atoms with Crippen molar-refractivity contribution < 1.29 is 27.5 Å². The second-order valence-electron chi connectivity index (χ2n) is 5.53. The summed E-state index contributed by atoms with van der Waals surface area (Å²) >= 11 is 5.64. The Kier molecular flexibility index (Phi) is 5.45. The van der Waals surface area contributed by atoms with E-state index in [2.05, 4.69) is 5.32 Å². The van der Waals surface area contributed by atoms with E-state index in [1.54, 1.807) is 20.8 Å². The molecule has 1 N–H and O–H groups in total. The van der Waals surface area contributed by atoms with E-state index in [1.165, 1.54) is 6.07 Å². The van der Waals surface area contributed by atoms with Gasteiger partial charge in [0.15, 0.2) is 0 Å². The second kappa shape index (κ2) is 6.56. The standard InChI is InChI=1S/C14H15ClF3NO3/c1-13(2,3)22-12(21)19-11(7-20)8-4-9(14(16,17)18)6-10(15)5-8/h4-7,11H,1-3H3,(H,19,21). The van der Waals surface area contributed by atoms with Gasteiger partial charge in [-0.2, -0.15) is 13.2 Å². The van der Waals surface area contributed by atoms with Crippen molar-refractivity contribution >= 4 is 24.0 Å². The molecule has 4 nitrogen and oxygen atoms in total. The average Bonchev–Trinajstić information content (AvgIpc) is 2.31. The number of rotatable bonds is 3. The van der Waals surface area contributed by atoms with Crippen LogP contribution in [0.15, 0.2) is 18.2 Å². The van der Waals surface area contributed by atoms with E-state index in [-0.39, 0.29) is 10.6 Å². The third kappa shape index (κ3) is 5.55. The van der Waals surface area contributed by atoms with E-state index in [0.29, 0.717) is 6.29 Å². The lowest BCUT2D eigenvalue weighted by atomic mass is 10.0. The third-order valence-electron chi connectivity index (χ3n) is 2.41. The summed E-state index contributed by atoms with van der Waals surface area (Å²) < 4.78 is 43.2. The highest BCUT2D eigenvalue weighted by molar-refractivity contribution is 6.30. The number of amides is 1. The van der Waals surface area contributed by atoms with Crippen LogP contribution in [0.1, 0.15) is 37.9 Å². The number of halogens is 4. The molecule has 0 aliphatic heterocycles. The molecule has 0 aromatic heterocycles. The van der Waals surface area contributed by atoms with E-state index in [0.717, 1.165) is 12.1 Å². The Morgan fingerprint density at radius 2 is 1.86 bits per heavy atom. The van der Waals surface area contributed by atoms with Gasteiger partial charge in [0.05, 0.1) is 5.56 Å². The number of benzene rings is 1. The lowest BCUT2D eigenvalue weighted by Crippen LogP contribution is -2.35. The van der Waals surface area contributed by atoms with Crippen LogP contribution in [0.2, 0.25) is 5.02 Å². The lowest BCUT2D eigenvalue weighted by Gasteiger charge is -2.22. The highest BCUT2D eigenvalue weighted by Crippen LogP contribution is 2.33. The molecule has 0 bridgehead atoms. The third-order valence-corrected chi connectivity index (χ3v) is 2.63. The summed E-state index contributed by atoms with van der Waals surface area (Å²) in [5.74, 6) is 0. The molecule has 1 aromatic carbocycles. The number of hydrogen-bond donors (Lipinski definition) is 1. The SMILES string of the molecule is CC(C)(C)OC(=O)NC(C=O)c1cc(Cl)cc(C(F)(F)F)c1. The average molecular weight is 338 g/mol. The smallest absolute Gasteiger partial charge is 0.416 e. The first-order chi connectivity index (χ1) is 9.92. The second-order valence-corrected chi connectivity index (χ2v) is 5.97. The van der Waals surface area contributed by atoms with E-state index in [9.17, 15) is 22.8 Å². The number of alkyl carbamates (subject to hydrolysis) is 1. The Balaban J connectivity index is 3.03. The van der Waals surface area contributed by atoms with Crippen molar-refractivity contribution in [1.82, 2.24) is 5.32 Å². The fourth-order valence-corrected chi connectivity index (χ4v) is 1.83. The Bertz CT molecular complexity index is 567. The molecule has 1 aromatic rings. The quantitative estimate of drug-likeness (QED) is 0.844. The normalized spacial score (nSPS) is 13.4. The summed E-state index contributed by atoms with van der Waals surface area (Å²) in [6, 6.07) is 1.37. The van der Waals surface area contributed by atoms with Crippen molar-refractivity contribution in [2.24, 2.45) is 0 Å². The molecule has 0 fully saturated rings. The fraction of sp³-hybridized carbons (Fsp3) is 0.429. The Morgan fingerprint density at radius 3 is 2.32 bits per heavy atom. The maximum Gasteiger partial charge on any atom is 0.416 e. The number of nitrogens with one attached hydrogen (secondary N) is 1. The van der Waals surface area contributed by atoms with Gasteiger partial charge in [-0.3, -0.25) is 0 Å². The number of carbonyl (C=O) groups is 2. The predicted octanol–water partition coefficient (Wildman–Crippen LogP) is 4.12. The first-order valence-corrected chi connectivity index (χ1v) is 6.62. The van der Waals surface area contributed by atoms with Gasteiger partial charge in [0.1, 0.15) is 17.9 Å². The van der Waals surface area contributed by atoms with E-state index >= 15 is 0 Å². The van der Waals surface area contributed by atoms with E-state index in [1.807, 2.05) is 0 Å². The topological polar surface area (TPSA) is 55.4 Å². The van der Waals surface area contributed by atoms with Gasteiger partial charge in [-0.25, -0.2) is 4.79 Å². The Hall–Kier alpha value is -1.76. The molecule has 0 heterocycles. The molecule has 0 aliphatic carbocycles. The molecular weight excluding hydrogens is 323 g/mol. The number of alkyl halides is 3. The van der Waals surface area contributed by atoms with Crippen molar-refractivity contribution in [3.63, 3.8) is 0 Å². The van der Waals surface area contributed by atoms with Crippen molar-refractivity contribution in [2.45, 2.75) is 38.6 Å². The fourth-order valence-electron chi connectivity index (χ4n) is 1.59. The van der Waals surface area contributed by atoms with Gasteiger partial charge in [0.2, 0.25) is 0 Å². The zero-order chi connectivity index (χ0) is 17.1. The van der Waals surface area contributed by atoms with Gasteiger partial charge in [0.25, 0.3) is 0 Å². The van der Waals surface area contributed by atoms with Gasteiger partial charge >= 0.3 is 12.3 Å². The number of ether oxygens (including phenoxy) is 1. The zero-order valence-electron chi connectivity index (χ0n) is 12.1. The summed E-state index contributed by atoms with van der Waals surface area (Å²) in [6.45, 7) is 4.84. The molecule has 0 radical (unpaired) electrons. The summed E-state index contributed by atoms with van der Waals surface area (Å²) in [4.78, 5) is 22.7. The van der Waals surface area contributed by atoms with Gasteiger partial charge in [0, 0.05) is 5.02 Å². The zero-order valence-corrected chi connectivity index (χ0v) is 12.9. The molecule has 122 valence electrons. The van der Waals surface area contributed by atoms with E-state index < -0.39 is 29.5 Å². The summed E-state index contributed by atoms with van der Waals surface area (Å²) in [5, 5.41) is 2.00. The molecule has 1 unspecified atom stereocenters. The monoisotopic (exact) mass is 337 g/mol. The molecule has 8 heteroatoms. The molecule has 1 amide bonds. The minimum atomic E-state index is -4.61. The van der Waals surface area contributed by atoms with Crippen molar-refractivity contribution in [3.05, 3.63) is 34.3 Å². The molecule has 0 saturated heterocycles. The largest absolute Gasteiger partial charge is 0.444 e. The van der Waals surface area contributed by atoms with Gasteiger partial charge in [-0.05, 0) is 44.5 Å². The minimum Gasteiger partial charge on any atom is -0.444 e. The van der Waals surface area contributed by atoms with Crippen LogP contribution in [0.25, 0.3) is 0 Å². The number of carbonyl (C=O) groups excluding carboxylic acids is 2. The Labute approximate surface area is 130 Å². The van der Waals surface area contributed by atoms with Crippen LogP contribution in [-0.2, 0) is 15.7 Å². The molecule has 0 saturated carbocycles. The van der Waals surface area contributed by atoms with Crippen molar-refractivity contribution in [2.75, 3.05) is 0 Å². The number of aldehydes is 1. The Morgan fingerprint density at radius 1 is 1.27 bits per heavy atom. The minimum absolute atomic E-state index is 0.0827. The molecule has 1 atom stereocenters. The van der Waals surface area contributed by atoms with Crippen LogP contribution in [-0.4, -0.2) is 18.0 Å². The van der Waals surface area contributed by atoms with E-state index in [4.69, 9.17) is 16.3 Å². The highest BCUT2D eigenvalue weighted by atomic mass is 35.5. The molecule has 22 heavy (non-hydrogen) atoms. The van der Waals surface area contributed by atoms with Crippen molar-refractivity contribution in [3.8, 4) is 0 Å². The maximum absolute atomic E-state index is 12.7. The first-order valence-electron chi connectivity index (χ1n) is 6.25. The molecule has 0 aliphatic rings. The lowest BCUT2D eigenvalue weighted by molar-refractivity contribution is -0.137. The van der Waals surface area contributed by atoms with Crippen LogP contribution in [0.3, 0.4) is 0 Å². The van der Waals surface area contributed by atoms with Gasteiger partial charge in [-0.15, -0.1) is 0 Å². The van der Waals surface area contributed by atoms with Crippen LogP contribution < -0.4 is 5.32 Å². The van der Waals surface area contributed by atoms with Gasteiger partial charge in [-0.1, -0.05) is 11.6 Å². The summed E-state index contributed by atoms with van der Waals surface area (Å²) in [7, 11) is 0. The van der Waals surface area contributed by atoms with Crippen molar-refractivity contribution in [1.29, 1.82) is 0 Å². The predicted molar refractivity (Wildman–Crippen MR) is 74.6 cm³/mol. The first kappa shape index (κ1) is 18.3. The van der Waals surface area contributed by atoms with Crippen LogP contribution in [0.5, 0.6) is 0 Å². The number of hydrogen-bond acceptors (Lipinski definition) is 3. The van der Waals surface area contributed by atoms with Crippen LogP contribution in [0, 0.1) is 0 Å². The van der Waals surface area contributed by atoms with Crippen LogP contribution in [0.4, 0.5) is 18.0 Å². The van der Waals surface area contributed by atoms with Gasteiger partial charge < -0.3 is 14.8 Å². The molecular formula is C14H15ClF3NO3. The molecule has 0 spiro atoms. The summed E-state index contributed by atoms with van der Waals surface area (Å²) in [6.07, 6.45) is -5.23.